The number of hydrogen-bond acceptors (Lipinski definition) is 3. The predicted octanol–water partition coefficient (Wildman–Crippen LogP) is 3.17. The molecule has 0 amide bonds. The van der Waals surface area contributed by atoms with Crippen LogP contribution in [0.2, 0.25) is 0 Å². The van der Waals surface area contributed by atoms with E-state index in [4.69, 9.17) is 4.74 Å². The van der Waals surface area contributed by atoms with Gasteiger partial charge in [0.2, 0.25) is 0 Å². The van der Waals surface area contributed by atoms with Gasteiger partial charge in [-0.3, -0.25) is 5.32 Å². The topological polar surface area (TPSA) is 41.5 Å². The smallest absolute Gasteiger partial charge is 0.134 e. The first kappa shape index (κ1) is 13.8. The zero-order valence-electron chi connectivity index (χ0n) is 10.9. The summed E-state index contributed by atoms with van der Waals surface area (Å²) < 4.78 is 6.79. The van der Waals surface area contributed by atoms with Crippen molar-refractivity contribution in [1.82, 2.24) is 5.32 Å². The summed E-state index contributed by atoms with van der Waals surface area (Å²) >= 11 is 3.42. The SMILES string of the molecule is OC(c1ccccc1)[C@@H]1CO[C@@H](c2ccc(Br)cc2)N1. The Morgan fingerprint density at radius 1 is 1.10 bits per heavy atom. The van der Waals surface area contributed by atoms with Crippen LogP contribution in [-0.4, -0.2) is 17.8 Å². The first-order chi connectivity index (χ1) is 9.74. The Balaban J connectivity index is 1.69. The molecule has 3 atom stereocenters. The third-order valence-electron chi connectivity index (χ3n) is 3.50. The van der Waals surface area contributed by atoms with Crippen molar-refractivity contribution < 1.29 is 9.84 Å². The van der Waals surface area contributed by atoms with Crippen molar-refractivity contribution in [1.29, 1.82) is 0 Å². The van der Waals surface area contributed by atoms with Gasteiger partial charge in [-0.1, -0.05) is 58.4 Å². The van der Waals surface area contributed by atoms with Gasteiger partial charge in [-0.2, -0.15) is 0 Å². The number of rotatable bonds is 3. The number of ether oxygens (including phenoxy) is 1. The van der Waals surface area contributed by atoms with Crippen molar-refractivity contribution in [3.05, 3.63) is 70.2 Å². The highest BCUT2D eigenvalue weighted by atomic mass is 79.9. The molecule has 0 aromatic heterocycles. The molecule has 1 aliphatic rings. The molecular weight excluding hydrogens is 318 g/mol. The minimum absolute atomic E-state index is 0.0916. The Morgan fingerprint density at radius 3 is 2.50 bits per heavy atom. The molecule has 1 saturated heterocycles. The highest BCUT2D eigenvalue weighted by Crippen LogP contribution is 2.27. The van der Waals surface area contributed by atoms with Gasteiger partial charge in [-0.25, -0.2) is 0 Å². The van der Waals surface area contributed by atoms with Gasteiger partial charge in [0.15, 0.2) is 0 Å². The summed E-state index contributed by atoms with van der Waals surface area (Å²) in [5.74, 6) is 0. The molecular formula is C16H16BrNO2. The van der Waals surface area contributed by atoms with E-state index in [1.54, 1.807) is 0 Å². The minimum atomic E-state index is -0.559. The summed E-state index contributed by atoms with van der Waals surface area (Å²) in [6.45, 7) is 0.497. The van der Waals surface area contributed by atoms with Crippen LogP contribution in [0.15, 0.2) is 59.1 Å². The van der Waals surface area contributed by atoms with Gasteiger partial charge in [-0.15, -0.1) is 0 Å². The molecule has 0 spiro atoms. The molecule has 20 heavy (non-hydrogen) atoms. The lowest BCUT2D eigenvalue weighted by molar-refractivity contribution is 0.0921. The van der Waals surface area contributed by atoms with Crippen LogP contribution in [0.1, 0.15) is 23.5 Å². The number of benzene rings is 2. The third-order valence-corrected chi connectivity index (χ3v) is 4.03. The van der Waals surface area contributed by atoms with Crippen molar-refractivity contribution in [3.8, 4) is 0 Å². The fourth-order valence-corrected chi connectivity index (χ4v) is 2.65. The molecule has 0 bridgehead atoms. The van der Waals surface area contributed by atoms with Crippen LogP contribution >= 0.6 is 15.9 Å². The largest absolute Gasteiger partial charge is 0.387 e. The van der Waals surface area contributed by atoms with E-state index in [0.29, 0.717) is 6.61 Å². The van der Waals surface area contributed by atoms with E-state index in [1.165, 1.54) is 0 Å². The quantitative estimate of drug-likeness (QED) is 0.906. The first-order valence-corrected chi connectivity index (χ1v) is 7.39. The summed E-state index contributed by atoms with van der Waals surface area (Å²) in [6.07, 6.45) is -0.719. The Kier molecular flexibility index (Phi) is 4.17. The molecule has 0 radical (unpaired) electrons. The highest BCUT2D eigenvalue weighted by molar-refractivity contribution is 9.10. The van der Waals surface area contributed by atoms with Gasteiger partial charge in [0.1, 0.15) is 6.23 Å². The van der Waals surface area contributed by atoms with E-state index >= 15 is 0 Å². The molecule has 4 heteroatoms. The number of hydrogen-bond donors (Lipinski definition) is 2. The van der Waals surface area contributed by atoms with Crippen molar-refractivity contribution in [3.63, 3.8) is 0 Å². The van der Waals surface area contributed by atoms with E-state index in [-0.39, 0.29) is 12.3 Å². The van der Waals surface area contributed by atoms with Gasteiger partial charge >= 0.3 is 0 Å². The maximum Gasteiger partial charge on any atom is 0.134 e. The fraction of sp³-hybridized carbons (Fsp3) is 0.250. The monoisotopic (exact) mass is 333 g/mol. The standard InChI is InChI=1S/C16H16BrNO2/c17-13-8-6-12(7-9-13)16-18-14(10-20-16)15(19)11-4-2-1-3-5-11/h1-9,14-16,18-19H,10H2/t14-,15?,16-/m0/s1. The molecule has 104 valence electrons. The maximum atomic E-state index is 10.4. The average molecular weight is 334 g/mol. The second-order valence-corrected chi connectivity index (χ2v) is 5.81. The summed E-state index contributed by atoms with van der Waals surface area (Å²) in [5, 5.41) is 13.7. The van der Waals surface area contributed by atoms with Crippen LogP contribution in [0.5, 0.6) is 0 Å². The number of halogens is 1. The second-order valence-electron chi connectivity index (χ2n) is 4.89. The lowest BCUT2D eigenvalue weighted by Gasteiger charge is -2.18. The third kappa shape index (κ3) is 2.94. The predicted molar refractivity (Wildman–Crippen MR) is 81.2 cm³/mol. The minimum Gasteiger partial charge on any atom is -0.387 e. The average Bonchev–Trinajstić information content (AvgIpc) is 2.98. The van der Waals surface area contributed by atoms with Gasteiger partial charge in [0.05, 0.1) is 18.8 Å². The zero-order valence-corrected chi connectivity index (χ0v) is 12.5. The van der Waals surface area contributed by atoms with Crippen molar-refractivity contribution in [2.24, 2.45) is 0 Å². The van der Waals surface area contributed by atoms with Crippen molar-refractivity contribution in [2.75, 3.05) is 6.61 Å². The van der Waals surface area contributed by atoms with Crippen molar-refractivity contribution in [2.45, 2.75) is 18.4 Å². The molecule has 3 rings (SSSR count). The molecule has 2 aromatic carbocycles. The molecule has 3 nitrogen and oxygen atoms in total. The molecule has 0 saturated carbocycles. The summed E-state index contributed by atoms with van der Waals surface area (Å²) in [5.41, 5.74) is 1.97. The second kappa shape index (κ2) is 6.06. The molecule has 2 aromatic rings. The summed E-state index contributed by atoms with van der Waals surface area (Å²) in [4.78, 5) is 0. The van der Waals surface area contributed by atoms with E-state index in [1.807, 2.05) is 54.6 Å². The van der Waals surface area contributed by atoms with Gasteiger partial charge < -0.3 is 9.84 Å². The molecule has 2 N–H and O–H groups in total. The summed E-state index contributed by atoms with van der Waals surface area (Å²) in [6, 6.07) is 17.6. The van der Waals surface area contributed by atoms with E-state index < -0.39 is 6.10 Å². The first-order valence-electron chi connectivity index (χ1n) is 6.60. The fourth-order valence-electron chi connectivity index (χ4n) is 2.39. The molecule has 1 fully saturated rings. The van der Waals surface area contributed by atoms with Crippen molar-refractivity contribution >= 4 is 15.9 Å². The van der Waals surface area contributed by atoms with Crippen LogP contribution in [0.3, 0.4) is 0 Å². The molecule has 1 heterocycles. The van der Waals surface area contributed by atoms with Crippen LogP contribution in [-0.2, 0) is 4.74 Å². The van der Waals surface area contributed by atoms with Crippen LogP contribution in [0.25, 0.3) is 0 Å². The van der Waals surface area contributed by atoms with E-state index in [9.17, 15) is 5.11 Å². The van der Waals surface area contributed by atoms with Crippen LogP contribution < -0.4 is 5.32 Å². The zero-order chi connectivity index (χ0) is 13.9. The Hall–Kier alpha value is -1.20. The molecule has 0 aliphatic carbocycles. The van der Waals surface area contributed by atoms with Crippen LogP contribution in [0.4, 0.5) is 0 Å². The Morgan fingerprint density at radius 2 is 1.80 bits per heavy atom. The van der Waals surface area contributed by atoms with Gasteiger partial charge in [0, 0.05) is 4.47 Å². The number of nitrogens with one attached hydrogen (secondary N) is 1. The maximum absolute atomic E-state index is 10.4. The van der Waals surface area contributed by atoms with Gasteiger partial charge in [0.25, 0.3) is 0 Å². The summed E-state index contributed by atoms with van der Waals surface area (Å²) in [7, 11) is 0. The number of aliphatic hydroxyl groups is 1. The van der Waals surface area contributed by atoms with Gasteiger partial charge in [-0.05, 0) is 23.3 Å². The highest BCUT2D eigenvalue weighted by Gasteiger charge is 2.31. The van der Waals surface area contributed by atoms with E-state index in [0.717, 1.165) is 15.6 Å². The normalized spacial score (nSPS) is 23.7. The Bertz CT molecular complexity index is 558. The molecule has 1 unspecified atom stereocenters. The Labute approximate surface area is 126 Å². The van der Waals surface area contributed by atoms with E-state index in [2.05, 4.69) is 21.2 Å². The lowest BCUT2D eigenvalue weighted by Crippen LogP contribution is -2.32. The molecule has 1 aliphatic heterocycles. The van der Waals surface area contributed by atoms with Crippen LogP contribution in [0, 0.1) is 0 Å². The number of aliphatic hydroxyl groups excluding tert-OH is 1. The lowest BCUT2D eigenvalue weighted by atomic mass is 10.0.